The molecular formula is C38H49N5O9S. The molecule has 1 heterocycles. The number of sulfonamides is 1. The number of hydrogen-bond donors (Lipinski definition) is 4. The lowest BCUT2D eigenvalue weighted by Gasteiger charge is -2.36. The van der Waals surface area contributed by atoms with Gasteiger partial charge in [0.25, 0.3) is 5.91 Å². The van der Waals surface area contributed by atoms with Gasteiger partial charge in [0.1, 0.15) is 29.3 Å². The SMILES string of the molecule is C=CC1CC1(NC(=O)[C@@H]1C[C@@H](OC(=O)Nc2ccccc2-c2ccccc2)CN1C(=O)[C@@H](NC(=O)OC(C)(C)C)C(C)(C)C)C(=O)NS(=O)(=O)C1CC1. The summed E-state index contributed by atoms with van der Waals surface area (Å²) in [6.45, 7) is 13.8. The smallest absolute Gasteiger partial charge is 0.411 e. The number of hydrogen-bond acceptors (Lipinski definition) is 9. The number of carbonyl (C=O) groups is 5. The number of anilines is 1. The number of rotatable bonds is 11. The molecule has 2 saturated carbocycles. The zero-order valence-electron chi connectivity index (χ0n) is 30.9. The van der Waals surface area contributed by atoms with E-state index in [0.717, 1.165) is 11.1 Å². The predicted molar refractivity (Wildman–Crippen MR) is 198 cm³/mol. The second-order valence-electron chi connectivity index (χ2n) is 15.9. The molecule has 15 heteroatoms. The molecule has 3 aliphatic rings. The Morgan fingerprint density at radius 1 is 0.943 bits per heavy atom. The van der Waals surface area contributed by atoms with Crippen molar-refractivity contribution in [2.75, 3.05) is 11.9 Å². The molecule has 1 aliphatic heterocycles. The quantitative estimate of drug-likeness (QED) is 0.240. The van der Waals surface area contributed by atoms with E-state index in [-0.39, 0.29) is 19.4 Å². The minimum absolute atomic E-state index is 0.100. The topological polar surface area (TPSA) is 189 Å². The highest BCUT2D eigenvalue weighted by molar-refractivity contribution is 7.91. The van der Waals surface area contributed by atoms with E-state index >= 15 is 0 Å². The number of alkyl carbamates (subject to hydrolysis) is 1. The highest BCUT2D eigenvalue weighted by Gasteiger charge is 2.62. The molecule has 0 radical (unpaired) electrons. The number of ether oxygens (including phenoxy) is 2. The van der Waals surface area contributed by atoms with Crippen LogP contribution in [0, 0.1) is 11.3 Å². The monoisotopic (exact) mass is 751 g/mol. The number of para-hydroxylation sites is 1. The number of amides is 5. The van der Waals surface area contributed by atoms with Crippen LogP contribution in [0.4, 0.5) is 15.3 Å². The van der Waals surface area contributed by atoms with Crippen LogP contribution in [0.25, 0.3) is 11.1 Å². The van der Waals surface area contributed by atoms with Gasteiger partial charge >= 0.3 is 12.2 Å². The highest BCUT2D eigenvalue weighted by atomic mass is 32.2. The van der Waals surface area contributed by atoms with Gasteiger partial charge in [0.05, 0.1) is 17.5 Å². The van der Waals surface area contributed by atoms with Crippen LogP contribution in [0.15, 0.2) is 67.3 Å². The lowest BCUT2D eigenvalue weighted by molar-refractivity contribution is -0.143. The van der Waals surface area contributed by atoms with Crippen LogP contribution in [0.5, 0.6) is 0 Å². The van der Waals surface area contributed by atoms with Gasteiger partial charge in [-0.1, -0.05) is 75.4 Å². The van der Waals surface area contributed by atoms with E-state index in [9.17, 15) is 32.4 Å². The molecule has 5 amide bonds. The zero-order valence-corrected chi connectivity index (χ0v) is 31.7. The van der Waals surface area contributed by atoms with Crippen LogP contribution in [0.3, 0.4) is 0 Å². The Labute approximate surface area is 310 Å². The second kappa shape index (κ2) is 14.8. The maximum atomic E-state index is 14.4. The Morgan fingerprint density at radius 3 is 2.17 bits per heavy atom. The van der Waals surface area contributed by atoms with Crippen molar-refractivity contribution in [3.05, 3.63) is 67.3 Å². The van der Waals surface area contributed by atoms with Gasteiger partial charge in [0, 0.05) is 17.9 Å². The van der Waals surface area contributed by atoms with Gasteiger partial charge in [0.15, 0.2) is 0 Å². The third kappa shape index (κ3) is 9.36. The van der Waals surface area contributed by atoms with Crippen molar-refractivity contribution in [1.82, 2.24) is 20.3 Å². The molecule has 53 heavy (non-hydrogen) atoms. The number of nitrogens with zero attached hydrogens (tertiary/aromatic N) is 1. The molecule has 0 spiro atoms. The van der Waals surface area contributed by atoms with E-state index in [0.29, 0.717) is 18.5 Å². The summed E-state index contributed by atoms with van der Waals surface area (Å²) in [5, 5.41) is 7.47. The van der Waals surface area contributed by atoms with Gasteiger partial charge in [-0.3, -0.25) is 24.4 Å². The van der Waals surface area contributed by atoms with Crippen LogP contribution >= 0.6 is 0 Å². The Hall–Kier alpha value is -4.92. The Bertz CT molecular complexity index is 1870. The van der Waals surface area contributed by atoms with E-state index < -0.39 is 85.8 Å². The summed E-state index contributed by atoms with van der Waals surface area (Å²) in [6.07, 6.45) is -0.346. The summed E-state index contributed by atoms with van der Waals surface area (Å²) in [5.74, 6) is -2.85. The van der Waals surface area contributed by atoms with Gasteiger partial charge in [-0.15, -0.1) is 6.58 Å². The van der Waals surface area contributed by atoms with Gasteiger partial charge in [0.2, 0.25) is 21.8 Å². The van der Waals surface area contributed by atoms with Crippen LogP contribution < -0.4 is 20.7 Å². The Kier molecular flexibility index (Phi) is 11.0. The summed E-state index contributed by atoms with van der Waals surface area (Å²) >= 11 is 0. The summed E-state index contributed by atoms with van der Waals surface area (Å²) in [7, 11) is -3.93. The number of nitrogens with one attached hydrogen (secondary N) is 4. The van der Waals surface area contributed by atoms with Crippen LogP contribution in [0.1, 0.15) is 67.2 Å². The minimum atomic E-state index is -3.93. The lowest BCUT2D eigenvalue weighted by Crippen LogP contribution is -2.60. The molecule has 5 atom stereocenters. The fraction of sp³-hybridized carbons (Fsp3) is 0.500. The first-order valence-electron chi connectivity index (χ1n) is 17.7. The van der Waals surface area contributed by atoms with Crippen molar-refractivity contribution in [3.63, 3.8) is 0 Å². The van der Waals surface area contributed by atoms with E-state index in [1.807, 2.05) is 42.5 Å². The average Bonchev–Trinajstić information content (AvgIpc) is 3.99. The third-order valence-corrected chi connectivity index (χ3v) is 11.2. The zero-order chi connectivity index (χ0) is 38.9. The van der Waals surface area contributed by atoms with E-state index in [1.54, 1.807) is 53.7 Å². The number of likely N-dealkylation sites (tertiary alicyclic amines) is 1. The molecule has 14 nitrogen and oxygen atoms in total. The third-order valence-electron chi connectivity index (χ3n) is 9.39. The standard InChI is InChI=1S/C38H49N5O9S/c1-8-24-21-38(24,33(46)42-53(49,50)26-18-19-26)41-31(44)29-20-25(22-43(29)32(45)30(36(2,3)4)40-35(48)52-37(5,6)7)51-34(47)39-28-17-13-12-16-27(28)23-14-10-9-11-15-23/h8-17,24-26,29-30H,1,18-22H2,2-7H3,(H,39,47)(H,40,48)(H,41,44)(H,42,46)/t24?,25-,29+,30-,38?/m1/s1. The second-order valence-corrected chi connectivity index (χ2v) is 17.9. The van der Waals surface area contributed by atoms with E-state index in [1.165, 1.54) is 11.0 Å². The first-order valence-corrected chi connectivity index (χ1v) is 19.2. The Morgan fingerprint density at radius 2 is 1.58 bits per heavy atom. The average molecular weight is 752 g/mol. The largest absolute Gasteiger partial charge is 0.444 e. The summed E-state index contributed by atoms with van der Waals surface area (Å²) in [5.41, 5.74) is -1.23. The lowest BCUT2D eigenvalue weighted by atomic mass is 9.85. The van der Waals surface area contributed by atoms with Crippen molar-refractivity contribution < 1.29 is 41.9 Å². The maximum Gasteiger partial charge on any atom is 0.411 e. The normalized spacial score (nSPS) is 23.2. The van der Waals surface area contributed by atoms with E-state index in [2.05, 4.69) is 27.3 Å². The number of carbonyl (C=O) groups excluding carboxylic acids is 5. The van der Waals surface area contributed by atoms with Gasteiger partial charge in [-0.05, 0) is 57.1 Å². The van der Waals surface area contributed by atoms with Gasteiger partial charge in [-0.2, -0.15) is 0 Å². The molecule has 1 saturated heterocycles. The molecule has 0 aromatic heterocycles. The molecule has 2 aliphatic carbocycles. The summed E-state index contributed by atoms with van der Waals surface area (Å²) in [6, 6.07) is 14.2. The van der Waals surface area contributed by atoms with E-state index in [4.69, 9.17) is 9.47 Å². The minimum Gasteiger partial charge on any atom is -0.444 e. The summed E-state index contributed by atoms with van der Waals surface area (Å²) < 4.78 is 38.7. The molecular weight excluding hydrogens is 703 g/mol. The highest BCUT2D eigenvalue weighted by Crippen LogP contribution is 2.45. The predicted octanol–water partition coefficient (Wildman–Crippen LogP) is 4.48. The molecule has 0 bridgehead atoms. The Balaban J connectivity index is 1.39. The first kappa shape index (κ1) is 39.3. The van der Waals surface area contributed by atoms with Crippen LogP contribution in [-0.4, -0.2) is 84.3 Å². The van der Waals surface area contributed by atoms with Crippen LogP contribution in [0.2, 0.25) is 0 Å². The van der Waals surface area contributed by atoms with Crippen molar-refractivity contribution in [2.45, 2.75) is 102 Å². The molecule has 2 aromatic carbocycles. The van der Waals surface area contributed by atoms with Crippen molar-refractivity contribution in [3.8, 4) is 11.1 Å². The van der Waals surface area contributed by atoms with Crippen LogP contribution in [-0.2, 0) is 33.9 Å². The molecule has 4 N–H and O–H groups in total. The number of benzene rings is 2. The van der Waals surface area contributed by atoms with Crippen molar-refractivity contribution in [2.24, 2.45) is 11.3 Å². The molecule has 5 rings (SSSR count). The maximum absolute atomic E-state index is 14.4. The van der Waals surface area contributed by atoms with Crippen molar-refractivity contribution in [1.29, 1.82) is 0 Å². The van der Waals surface area contributed by atoms with Gasteiger partial charge in [-0.25, -0.2) is 18.0 Å². The van der Waals surface area contributed by atoms with Gasteiger partial charge < -0.3 is 25.0 Å². The van der Waals surface area contributed by atoms with Crippen molar-refractivity contribution >= 4 is 45.6 Å². The molecule has 2 aromatic rings. The molecule has 286 valence electrons. The molecule has 3 fully saturated rings. The fourth-order valence-corrected chi connectivity index (χ4v) is 7.75. The first-order chi connectivity index (χ1) is 24.7. The molecule has 2 unspecified atom stereocenters. The summed E-state index contributed by atoms with van der Waals surface area (Å²) in [4.78, 5) is 69.4. The fourth-order valence-electron chi connectivity index (χ4n) is 6.39.